The van der Waals surface area contributed by atoms with Crippen molar-refractivity contribution < 1.29 is 9.90 Å². The van der Waals surface area contributed by atoms with Crippen LogP contribution in [-0.4, -0.2) is 23.8 Å². The third kappa shape index (κ3) is 6.12. The maximum Gasteiger partial charge on any atom is 0.319 e. The monoisotopic (exact) mass is 214 g/mol. The van der Waals surface area contributed by atoms with Crippen molar-refractivity contribution in [3.05, 3.63) is 11.8 Å². The van der Waals surface area contributed by atoms with Crippen molar-refractivity contribution in [3.8, 4) is 0 Å². The highest BCUT2D eigenvalue weighted by Crippen LogP contribution is 2.05. The van der Waals surface area contributed by atoms with E-state index in [0.717, 1.165) is 12.0 Å². The van der Waals surface area contributed by atoms with Gasteiger partial charge in [-0.25, -0.2) is 4.79 Å². The summed E-state index contributed by atoms with van der Waals surface area (Å²) in [5.74, 6) is 0.421. The summed E-state index contributed by atoms with van der Waals surface area (Å²) in [6, 6.07) is -0.436. The van der Waals surface area contributed by atoms with E-state index in [1.165, 1.54) is 0 Å². The van der Waals surface area contributed by atoms with Crippen molar-refractivity contribution in [2.24, 2.45) is 5.92 Å². The molecule has 15 heavy (non-hydrogen) atoms. The first-order chi connectivity index (χ1) is 7.01. The van der Waals surface area contributed by atoms with Gasteiger partial charge in [0.05, 0.1) is 12.6 Å². The number of carbonyl (C=O) groups excluding carboxylic acids is 1. The van der Waals surface area contributed by atoms with Crippen LogP contribution in [0.2, 0.25) is 0 Å². The number of amides is 2. The fourth-order valence-electron chi connectivity index (χ4n) is 0.850. The molecule has 0 aromatic heterocycles. The molecule has 4 nitrogen and oxygen atoms in total. The van der Waals surface area contributed by atoms with Gasteiger partial charge in [0, 0.05) is 6.20 Å². The number of urea groups is 1. The normalized spacial score (nSPS) is 13.9. The lowest BCUT2D eigenvalue weighted by atomic mass is 10.1. The smallest absolute Gasteiger partial charge is 0.319 e. The summed E-state index contributed by atoms with van der Waals surface area (Å²) in [6.07, 6.45) is 2.42. The van der Waals surface area contributed by atoms with Gasteiger partial charge >= 0.3 is 6.03 Å². The highest BCUT2D eigenvalue weighted by atomic mass is 16.3. The largest absolute Gasteiger partial charge is 0.394 e. The zero-order valence-corrected chi connectivity index (χ0v) is 10.0. The lowest BCUT2D eigenvalue weighted by Crippen LogP contribution is -2.41. The Morgan fingerprint density at radius 3 is 2.47 bits per heavy atom. The fraction of sp³-hybridized carbons (Fsp3) is 0.727. The SMILES string of the molecule is CCC(CO)NC(=O)N/C=C(\C)C(C)C. The van der Waals surface area contributed by atoms with Crippen LogP contribution in [0.5, 0.6) is 0 Å². The average molecular weight is 214 g/mol. The number of hydrogen-bond donors (Lipinski definition) is 3. The van der Waals surface area contributed by atoms with Crippen LogP contribution in [0, 0.1) is 5.92 Å². The number of aliphatic hydroxyl groups is 1. The first-order valence-corrected chi connectivity index (χ1v) is 5.35. The Morgan fingerprint density at radius 1 is 1.47 bits per heavy atom. The Balaban J connectivity index is 3.99. The highest BCUT2D eigenvalue weighted by molar-refractivity contribution is 5.75. The summed E-state index contributed by atoms with van der Waals surface area (Å²) in [7, 11) is 0. The van der Waals surface area contributed by atoms with Crippen LogP contribution in [-0.2, 0) is 0 Å². The van der Waals surface area contributed by atoms with Gasteiger partial charge in [0.25, 0.3) is 0 Å². The van der Waals surface area contributed by atoms with E-state index in [-0.39, 0.29) is 18.7 Å². The molecule has 0 fully saturated rings. The average Bonchev–Trinajstić information content (AvgIpc) is 2.22. The molecule has 4 heteroatoms. The number of aliphatic hydroxyl groups excluding tert-OH is 1. The Kier molecular flexibility index (Phi) is 6.79. The van der Waals surface area contributed by atoms with Crippen molar-refractivity contribution in [3.63, 3.8) is 0 Å². The lowest BCUT2D eigenvalue weighted by Gasteiger charge is -2.14. The van der Waals surface area contributed by atoms with Gasteiger partial charge < -0.3 is 15.7 Å². The second kappa shape index (κ2) is 7.29. The maximum absolute atomic E-state index is 11.3. The van der Waals surface area contributed by atoms with Crippen molar-refractivity contribution in [1.29, 1.82) is 0 Å². The van der Waals surface area contributed by atoms with Crippen molar-refractivity contribution in [2.75, 3.05) is 6.61 Å². The van der Waals surface area contributed by atoms with Crippen LogP contribution >= 0.6 is 0 Å². The topological polar surface area (TPSA) is 61.4 Å². The first-order valence-electron chi connectivity index (χ1n) is 5.35. The number of hydrogen-bond acceptors (Lipinski definition) is 2. The third-order valence-electron chi connectivity index (χ3n) is 2.39. The molecule has 0 saturated heterocycles. The van der Waals surface area contributed by atoms with E-state index in [0.29, 0.717) is 5.92 Å². The minimum atomic E-state index is -0.268. The van der Waals surface area contributed by atoms with Gasteiger partial charge in [-0.05, 0) is 19.3 Å². The number of nitrogens with one attached hydrogen (secondary N) is 2. The predicted octanol–water partition coefficient (Wildman–Crippen LogP) is 1.62. The fourth-order valence-corrected chi connectivity index (χ4v) is 0.850. The van der Waals surface area contributed by atoms with E-state index in [1.807, 2.05) is 13.8 Å². The minimum absolute atomic E-state index is 0.0310. The maximum atomic E-state index is 11.3. The number of carbonyl (C=O) groups is 1. The number of rotatable bonds is 5. The van der Waals surface area contributed by atoms with Crippen molar-refractivity contribution in [1.82, 2.24) is 10.6 Å². The molecule has 0 heterocycles. The Morgan fingerprint density at radius 2 is 2.07 bits per heavy atom. The second-order valence-corrected chi connectivity index (χ2v) is 3.95. The van der Waals surface area contributed by atoms with Crippen LogP contribution in [0.3, 0.4) is 0 Å². The van der Waals surface area contributed by atoms with Gasteiger partial charge in [0.2, 0.25) is 0 Å². The molecular formula is C11H22N2O2. The molecule has 0 radical (unpaired) electrons. The summed E-state index contributed by atoms with van der Waals surface area (Å²) < 4.78 is 0. The zero-order valence-electron chi connectivity index (χ0n) is 10.0. The van der Waals surface area contributed by atoms with Crippen LogP contribution in [0.4, 0.5) is 4.79 Å². The Labute approximate surface area is 91.8 Å². The molecule has 0 bridgehead atoms. The van der Waals surface area contributed by atoms with E-state index in [2.05, 4.69) is 24.5 Å². The molecule has 1 unspecified atom stereocenters. The van der Waals surface area contributed by atoms with Crippen molar-refractivity contribution >= 4 is 6.03 Å². The molecule has 0 aliphatic rings. The third-order valence-corrected chi connectivity index (χ3v) is 2.39. The Hall–Kier alpha value is -1.03. The molecule has 0 aliphatic heterocycles. The quantitative estimate of drug-likeness (QED) is 0.651. The molecule has 0 saturated carbocycles. The summed E-state index contributed by atoms with van der Waals surface area (Å²) in [5.41, 5.74) is 1.11. The second-order valence-electron chi connectivity index (χ2n) is 3.95. The van der Waals surface area contributed by atoms with Gasteiger partial charge in [0.1, 0.15) is 0 Å². The van der Waals surface area contributed by atoms with E-state index >= 15 is 0 Å². The summed E-state index contributed by atoms with van der Waals surface area (Å²) in [4.78, 5) is 11.3. The standard InChI is InChI=1S/C11H22N2O2/c1-5-10(7-14)13-11(15)12-6-9(4)8(2)3/h6,8,10,14H,5,7H2,1-4H3,(H2,12,13,15)/b9-6+. The Bertz CT molecular complexity index is 221. The molecule has 0 aliphatic carbocycles. The van der Waals surface area contributed by atoms with Gasteiger partial charge in [-0.3, -0.25) is 0 Å². The van der Waals surface area contributed by atoms with E-state index in [9.17, 15) is 4.79 Å². The minimum Gasteiger partial charge on any atom is -0.394 e. The molecule has 0 aromatic carbocycles. The molecule has 0 spiro atoms. The van der Waals surface area contributed by atoms with Gasteiger partial charge in [-0.1, -0.05) is 26.3 Å². The zero-order chi connectivity index (χ0) is 11.8. The van der Waals surface area contributed by atoms with Gasteiger partial charge in [0.15, 0.2) is 0 Å². The van der Waals surface area contributed by atoms with Gasteiger partial charge in [-0.2, -0.15) is 0 Å². The molecule has 88 valence electrons. The summed E-state index contributed by atoms with van der Waals surface area (Å²) in [5, 5.41) is 14.2. The van der Waals surface area contributed by atoms with Crippen LogP contribution in [0.25, 0.3) is 0 Å². The molecule has 3 N–H and O–H groups in total. The van der Waals surface area contributed by atoms with Crippen molar-refractivity contribution in [2.45, 2.75) is 40.2 Å². The molecule has 0 rings (SSSR count). The molecule has 0 aromatic rings. The summed E-state index contributed by atoms with van der Waals surface area (Å²) in [6.45, 7) is 7.98. The van der Waals surface area contributed by atoms with Crippen LogP contribution in [0.15, 0.2) is 11.8 Å². The van der Waals surface area contributed by atoms with E-state index < -0.39 is 0 Å². The van der Waals surface area contributed by atoms with E-state index in [4.69, 9.17) is 5.11 Å². The van der Waals surface area contributed by atoms with Gasteiger partial charge in [-0.15, -0.1) is 0 Å². The molecular weight excluding hydrogens is 192 g/mol. The number of allylic oxidation sites excluding steroid dienone is 1. The van der Waals surface area contributed by atoms with Crippen LogP contribution < -0.4 is 10.6 Å². The predicted molar refractivity (Wildman–Crippen MR) is 61.4 cm³/mol. The van der Waals surface area contributed by atoms with Crippen LogP contribution in [0.1, 0.15) is 34.1 Å². The highest BCUT2D eigenvalue weighted by Gasteiger charge is 2.07. The summed E-state index contributed by atoms with van der Waals surface area (Å²) >= 11 is 0. The lowest BCUT2D eigenvalue weighted by molar-refractivity contribution is 0.217. The molecule has 1 atom stereocenters. The first kappa shape index (κ1) is 14.0. The molecule has 2 amide bonds. The van der Waals surface area contributed by atoms with E-state index in [1.54, 1.807) is 6.20 Å².